The Morgan fingerprint density at radius 3 is 2.71 bits per heavy atom. The highest BCUT2D eigenvalue weighted by molar-refractivity contribution is 5.82. The van der Waals surface area contributed by atoms with Crippen molar-refractivity contribution in [1.29, 1.82) is 0 Å². The summed E-state index contributed by atoms with van der Waals surface area (Å²) in [5.41, 5.74) is 0. The Labute approximate surface area is 106 Å². The first-order valence-electron chi connectivity index (χ1n) is 7.35. The first-order chi connectivity index (χ1) is 8.10. The standard InChI is InChI=1S/C15H27NO/c1-4-13-5-6-16(9-13)10-14-12(3)7-11(2)8-15(14)17/h11-14H,4-10H2,1-3H3. The highest BCUT2D eigenvalue weighted by Gasteiger charge is 2.34. The van der Waals surface area contributed by atoms with Crippen LogP contribution in [0, 0.1) is 23.7 Å². The van der Waals surface area contributed by atoms with Gasteiger partial charge >= 0.3 is 0 Å². The molecule has 0 aromatic heterocycles. The van der Waals surface area contributed by atoms with Gasteiger partial charge in [0.25, 0.3) is 0 Å². The van der Waals surface area contributed by atoms with E-state index in [1.807, 2.05) is 0 Å². The van der Waals surface area contributed by atoms with E-state index in [1.54, 1.807) is 0 Å². The van der Waals surface area contributed by atoms with E-state index in [0.717, 1.165) is 18.9 Å². The molecule has 4 unspecified atom stereocenters. The summed E-state index contributed by atoms with van der Waals surface area (Å²) in [5, 5.41) is 0. The van der Waals surface area contributed by atoms with Gasteiger partial charge in [0.2, 0.25) is 0 Å². The van der Waals surface area contributed by atoms with E-state index in [9.17, 15) is 4.79 Å². The zero-order valence-electron chi connectivity index (χ0n) is 11.6. The zero-order chi connectivity index (χ0) is 12.4. The van der Waals surface area contributed by atoms with Crippen LogP contribution in [0.1, 0.15) is 46.5 Å². The van der Waals surface area contributed by atoms with Crippen LogP contribution in [0.15, 0.2) is 0 Å². The van der Waals surface area contributed by atoms with E-state index in [1.165, 1.54) is 32.4 Å². The molecule has 0 aromatic carbocycles. The van der Waals surface area contributed by atoms with Crippen LogP contribution in [0.2, 0.25) is 0 Å². The molecule has 2 rings (SSSR count). The average Bonchev–Trinajstić information content (AvgIpc) is 2.71. The highest BCUT2D eigenvalue weighted by Crippen LogP contribution is 2.32. The second-order valence-corrected chi connectivity index (χ2v) is 6.42. The van der Waals surface area contributed by atoms with Gasteiger partial charge in [0.05, 0.1) is 0 Å². The van der Waals surface area contributed by atoms with Crippen molar-refractivity contribution in [2.75, 3.05) is 19.6 Å². The van der Waals surface area contributed by atoms with Gasteiger partial charge in [0.15, 0.2) is 0 Å². The fraction of sp³-hybridized carbons (Fsp3) is 0.933. The smallest absolute Gasteiger partial charge is 0.137 e. The molecule has 1 heterocycles. The van der Waals surface area contributed by atoms with Crippen LogP contribution in [0.4, 0.5) is 0 Å². The van der Waals surface area contributed by atoms with E-state index in [2.05, 4.69) is 25.7 Å². The predicted octanol–water partition coefficient (Wildman–Crippen LogP) is 2.97. The molecule has 0 N–H and O–H groups in total. The molecular weight excluding hydrogens is 210 g/mol. The maximum Gasteiger partial charge on any atom is 0.137 e. The summed E-state index contributed by atoms with van der Waals surface area (Å²) in [5.74, 6) is 2.92. The van der Waals surface area contributed by atoms with Gasteiger partial charge in [-0.15, -0.1) is 0 Å². The van der Waals surface area contributed by atoms with Crippen LogP contribution in [0.25, 0.3) is 0 Å². The molecule has 0 aromatic rings. The lowest BCUT2D eigenvalue weighted by Crippen LogP contribution is -2.39. The van der Waals surface area contributed by atoms with E-state index < -0.39 is 0 Å². The van der Waals surface area contributed by atoms with E-state index in [4.69, 9.17) is 0 Å². The summed E-state index contributed by atoms with van der Waals surface area (Å²) in [6.45, 7) is 10.2. The molecule has 2 heteroatoms. The quantitative estimate of drug-likeness (QED) is 0.752. The number of nitrogens with zero attached hydrogens (tertiary/aromatic N) is 1. The van der Waals surface area contributed by atoms with Crippen molar-refractivity contribution in [1.82, 2.24) is 4.90 Å². The summed E-state index contributed by atoms with van der Waals surface area (Å²) >= 11 is 0. The molecule has 98 valence electrons. The maximum absolute atomic E-state index is 12.1. The number of carbonyl (C=O) groups is 1. The molecule has 0 amide bonds. The van der Waals surface area contributed by atoms with Crippen LogP contribution in [0.3, 0.4) is 0 Å². The van der Waals surface area contributed by atoms with Crippen molar-refractivity contribution in [3.05, 3.63) is 0 Å². The van der Waals surface area contributed by atoms with Crippen molar-refractivity contribution >= 4 is 5.78 Å². The van der Waals surface area contributed by atoms with Crippen LogP contribution in [0.5, 0.6) is 0 Å². The third-order valence-electron chi connectivity index (χ3n) is 4.83. The summed E-state index contributed by atoms with van der Waals surface area (Å²) in [7, 11) is 0. The van der Waals surface area contributed by atoms with Crippen molar-refractivity contribution in [3.63, 3.8) is 0 Å². The van der Waals surface area contributed by atoms with Crippen molar-refractivity contribution < 1.29 is 4.79 Å². The summed E-state index contributed by atoms with van der Waals surface area (Å²) in [6.07, 6.45) is 4.69. The number of rotatable bonds is 3. The third-order valence-corrected chi connectivity index (χ3v) is 4.83. The highest BCUT2D eigenvalue weighted by atomic mass is 16.1. The van der Waals surface area contributed by atoms with Crippen LogP contribution >= 0.6 is 0 Å². The normalized spacial score (nSPS) is 39.8. The fourth-order valence-corrected chi connectivity index (χ4v) is 3.67. The van der Waals surface area contributed by atoms with Crippen molar-refractivity contribution in [3.8, 4) is 0 Å². The summed E-state index contributed by atoms with van der Waals surface area (Å²) in [4.78, 5) is 14.7. The number of Topliss-reactive ketones (excluding diaryl/α,β-unsaturated/α-hetero) is 1. The lowest BCUT2D eigenvalue weighted by Gasteiger charge is -2.34. The maximum atomic E-state index is 12.1. The Balaban J connectivity index is 1.88. The molecule has 1 saturated carbocycles. The molecule has 2 nitrogen and oxygen atoms in total. The molecule has 0 spiro atoms. The SMILES string of the molecule is CCC1CCN(CC2C(=O)CC(C)CC2C)C1. The van der Waals surface area contributed by atoms with Gasteiger partial charge in [-0.05, 0) is 37.1 Å². The molecule has 17 heavy (non-hydrogen) atoms. The lowest BCUT2D eigenvalue weighted by atomic mass is 9.74. The zero-order valence-corrected chi connectivity index (χ0v) is 11.6. The number of likely N-dealkylation sites (tertiary alicyclic amines) is 1. The molecule has 2 aliphatic rings. The second kappa shape index (κ2) is 5.51. The number of hydrogen-bond acceptors (Lipinski definition) is 2. The van der Waals surface area contributed by atoms with Crippen molar-refractivity contribution in [2.45, 2.75) is 46.5 Å². The van der Waals surface area contributed by atoms with E-state index in [-0.39, 0.29) is 0 Å². The first kappa shape index (κ1) is 13.1. The predicted molar refractivity (Wildman–Crippen MR) is 70.9 cm³/mol. The van der Waals surface area contributed by atoms with Crippen LogP contribution in [-0.2, 0) is 4.79 Å². The average molecular weight is 237 g/mol. The first-order valence-corrected chi connectivity index (χ1v) is 7.35. The Morgan fingerprint density at radius 1 is 1.35 bits per heavy atom. The summed E-state index contributed by atoms with van der Waals surface area (Å²) in [6, 6.07) is 0. The lowest BCUT2D eigenvalue weighted by molar-refractivity contribution is -0.128. The van der Waals surface area contributed by atoms with Gasteiger partial charge in [-0.3, -0.25) is 4.79 Å². The minimum Gasteiger partial charge on any atom is -0.302 e. The number of ketones is 1. The minimum absolute atomic E-state index is 0.321. The van der Waals surface area contributed by atoms with Crippen LogP contribution in [-0.4, -0.2) is 30.3 Å². The molecule has 4 atom stereocenters. The Hall–Kier alpha value is -0.370. The summed E-state index contributed by atoms with van der Waals surface area (Å²) < 4.78 is 0. The van der Waals surface area contributed by atoms with E-state index >= 15 is 0 Å². The molecule has 0 bridgehead atoms. The Bertz CT molecular complexity index is 276. The molecule has 1 aliphatic heterocycles. The fourth-order valence-electron chi connectivity index (χ4n) is 3.67. The van der Waals surface area contributed by atoms with Crippen molar-refractivity contribution in [2.24, 2.45) is 23.7 Å². The monoisotopic (exact) mass is 237 g/mol. The molecule has 2 fully saturated rings. The molecule has 1 saturated heterocycles. The third kappa shape index (κ3) is 3.09. The van der Waals surface area contributed by atoms with Crippen LogP contribution < -0.4 is 0 Å². The largest absolute Gasteiger partial charge is 0.302 e. The van der Waals surface area contributed by atoms with Gasteiger partial charge in [0, 0.05) is 25.4 Å². The van der Waals surface area contributed by atoms with Gasteiger partial charge in [-0.2, -0.15) is 0 Å². The van der Waals surface area contributed by atoms with E-state index in [0.29, 0.717) is 23.5 Å². The van der Waals surface area contributed by atoms with Gasteiger partial charge in [0.1, 0.15) is 5.78 Å². The molecule has 1 aliphatic carbocycles. The Kier molecular flexibility index (Phi) is 4.24. The molecule has 0 radical (unpaired) electrons. The number of hydrogen-bond donors (Lipinski definition) is 0. The topological polar surface area (TPSA) is 20.3 Å². The number of carbonyl (C=O) groups excluding carboxylic acids is 1. The molecular formula is C15H27NO. The van der Waals surface area contributed by atoms with Gasteiger partial charge < -0.3 is 4.90 Å². The van der Waals surface area contributed by atoms with Gasteiger partial charge in [-0.25, -0.2) is 0 Å². The second-order valence-electron chi connectivity index (χ2n) is 6.42. The van der Waals surface area contributed by atoms with Gasteiger partial charge in [-0.1, -0.05) is 27.2 Å². The minimum atomic E-state index is 0.321. The Morgan fingerprint density at radius 2 is 2.12 bits per heavy atom.